The van der Waals surface area contributed by atoms with Gasteiger partial charge in [-0.1, -0.05) is 242 Å². The predicted octanol–water partition coefficient (Wildman–Crippen LogP) is 13.0. The van der Waals surface area contributed by atoms with E-state index in [-0.39, 0.29) is 49.1 Å². The third-order valence-corrected chi connectivity index (χ3v) is 21.5. The van der Waals surface area contributed by atoms with Gasteiger partial charge in [0, 0.05) is 13.0 Å². The first-order valence-electron chi connectivity index (χ1n) is 31.9. The van der Waals surface area contributed by atoms with E-state index in [1.54, 1.807) is 91.0 Å². The number of carbonyl (C=O) groups excluding carboxylic acids is 4. The van der Waals surface area contributed by atoms with Crippen molar-refractivity contribution in [2.75, 3.05) is 26.9 Å². The Hall–Kier alpha value is -7.64. The van der Waals surface area contributed by atoms with Gasteiger partial charge in [0.2, 0.25) is 0 Å². The minimum Gasteiger partial charge on any atom is -0.469 e. The van der Waals surface area contributed by atoms with E-state index in [2.05, 4.69) is 45.0 Å². The average Bonchev–Trinajstić information content (AvgIpc) is 0.977. The third-order valence-electron chi connectivity index (χ3n) is 16.5. The molecule has 2 fully saturated rings. The molecule has 480 valence electrons. The third kappa shape index (κ3) is 19.0. The molecule has 0 aromatic heterocycles. The Bertz CT molecular complexity index is 3230. The Balaban J connectivity index is 1.10. The Morgan fingerprint density at radius 1 is 0.418 bits per heavy atom. The van der Waals surface area contributed by atoms with Crippen LogP contribution in [-0.4, -0.2) is 114 Å². The zero-order chi connectivity index (χ0) is 63.7. The van der Waals surface area contributed by atoms with Gasteiger partial charge in [-0.2, -0.15) is 0 Å². The SMILES string of the molecule is COC(=O)CCCCCCCCCCCO[C@@H]1O[C@H](CO[Si](c2ccccc2)(c2ccccc2)C(C)(C)C)[C@H](OCc2ccccc2)[C@H](OCc2ccccc2)[C@H]1O[C@H]1O[C@@H](COC(=O)c2ccccc2)[C@H](OC(=O)c2ccccc2)[C@H]1OC(=O)c1ccccc1. The van der Waals surface area contributed by atoms with Crippen LogP contribution in [0.1, 0.15) is 127 Å². The standard InChI is InChI=1S/C75H86O15Si/c1-75(2,3)91(60-45-29-17-30-46-60,61-47-31-18-32-48-61)85-54-63-65(82-51-55-35-19-12-20-36-55)67(83-52-56-37-21-13-22-38-56)69(73(86-63)81-50-34-11-9-7-5-6-8-10-33-49-64(76)80-4)90-74-68(89-72(79)59-43-27-16-28-44-59)66(88-71(78)58-41-25-15-26-42-58)62(87-74)53-84-70(77)57-39-23-14-24-40-57/h12-32,35-48,62-63,65-69,73-74H,5-11,33-34,49-54H2,1-4H3/t62-,63+,65-,66-,67-,68+,69+,73+,74+/m0/s1. The predicted molar refractivity (Wildman–Crippen MR) is 348 cm³/mol. The van der Waals surface area contributed by atoms with Crippen molar-refractivity contribution in [1.82, 2.24) is 0 Å². The molecule has 9 rings (SSSR count). The van der Waals surface area contributed by atoms with E-state index < -0.39 is 93.2 Å². The van der Waals surface area contributed by atoms with E-state index in [0.29, 0.717) is 12.8 Å². The van der Waals surface area contributed by atoms with Crippen molar-refractivity contribution in [3.63, 3.8) is 0 Å². The lowest BCUT2D eigenvalue weighted by Crippen LogP contribution is -2.68. The summed E-state index contributed by atoms with van der Waals surface area (Å²) < 4.78 is 74.3. The fraction of sp³-hybridized carbons (Fsp3) is 0.387. The number of ether oxygens (including phenoxy) is 10. The molecular formula is C75H86O15Si. The van der Waals surface area contributed by atoms with Crippen molar-refractivity contribution in [2.24, 2.45) is 0 Å². The van der Waals surface area contributed by atoms with Crippen LogP contribution in [0.25, 0.3) is 0 Å². The van der Waals surface area contributed by atoms with Gasteiger partial charge in [-0.15, -0.1) is 0 Å². The molecule has 91 heavy (non-hydrogen) atoms. The fourth-order valence-corrected chi connectivity index (χ4v) is 16.4. The van der Waals surface area contributed by atoms with Gasteiger partial charge in [0.05, 0.1) is 43.6 Å². The minimum atomic E-state index is -3.23. The zero-order valence-electron chi connectivity index (χ0n) is 52.6. The van der Waals surface area contributed by atoms with Crippen LogP contribution in [-0.2, 0) is 69.8 Å². The quantitative estimate of drug-likeness (QED) is 0.0165. The molecule has 0 saturated carbocycles. The summed E-state index contributed by atoms with van der Waals surface area (Å²) >= 11 is 0. The average molecular weight is 1260 g/mol. The molecule has 15 nitrogen and oxygen atoms in total. The maximum atomic E-state index is 14.5. The number of carbonyl (C=O) groups is 4. The second kappa shape index (κ2) is 34.7. The number of unbranched alkanes of at least 4 members (excludes halogenated alkanes) is 8. The summed E-state index contributed by atoms with van der Waals surface area (Å²) in [5.41, 5.74) is 2.49. The number of methoxy groups -OCH3 is 1. The normalized spacial score (nSPS) is 20.7. The molecule has 0 bridgehead atoms. The first-order valence-corrected chi connectivity index (χ1v) is 33.8. The Kier molecular flexibility index (Phi) is 25.8. The van der Waals surface area contributed by atoms with Crippen molar-refractivity contribution in [3.8, 4) is 0 Å². The van der Waals surface area contributed by atoms with Crippen molar-refractivity contribution in [2.45, 2.75) is 159 Å². The van der Waals surface area contributed by atoms with Gasteiger partial charge in [-0.05, 0) is 75.8 Å². The Labute approximate surface area is 536 Å². The lowest BCUT2D eigenvalue weighted by Gasteiger charge is -2.48. The highest BCUT2D eigenvalue weighted by molar-refractivity contribution is 6.99. The molecule has 0 aliphatic carbocycles. The van der Waals surface area contributed by atoms with Crippen LogP contribution in [0.2, 0.25) is 5.04 Å². The van der Waals surface area contributed by atoms with Gasteiger partial charge < -0.3 is 51.8 Å². The second-order valence-corrected chi connectivity index (χ2v) is 28.3. The Morgan fingerprint density at radius 2 is 0.824 bits per heavy atom. The number of benzene rings is 7. The molecule has 0 radical (unpaired) electrons. The highest BCUT2D eigenvalue weighted by Gasteiger charge is 2.57. The van der Waals surface area contributed by atoms with Gasteiger partial charge in [0.15, 0.2) is 24.8 Å². The van der Waals surface area contributed by atoms with E-state index in [9.17, 15) is 19.2 Å². The first kappa shape index (κ1) is 67.7. The van der Waals surface area contributed by atoms with Crippen LogP contribution in [0, 0.1) is 0 Å². The topological polar surface area (TPSA) is 170 Å². The maximum Gasteiger partial charge on any atom is 0.338 e. The van der Waals surface area contributed by atoms with Gasteiger partial charge >= 0.3 is 23.9 Å². The summed E-state index contributed by atoms with van der Waals surface area (Å²) in [7, 11) is -1.81. The van der Waals surface area contributed by atoms with Crippen molar-refractivity contribution in [3.05, 3.63) is 240 Å². The van der Waals surface area contributed by atoms with Gasteiger partial charge in [0.1, 0.15) is 37.1 Å². The molecule has 7 aromatic carbocycles. The number of hydrogen-bond acceptors (Lipinski definition) is 15. The van der Waals surface area contributed by atoms with Gasteiger partial charge in [0.25, 0.3) is 8.32 Å². The molecule has 7 aromatic rings. The van der Waals surface area contributed by atoms with E-state index in [4.69, 9.17) is 51.8 Å². The van der Waals surface area contributed by atoms with Crippen molar-refractivity contribution >= 4 is 42.6 Å². The molecular weight excluding hydrogens is 1170 g/mol. The molecule has 16 heteroatoms. The van der Waals surface area contributed by atoms with Crippen LogP contribution in [0.3, 0.4) is 0 Å². The molecule has 0 spiro atoms. The van der Waals surface area contributed by atoms with Crippen LogP contribution in [0.5, 0.6) is 0 Å². The van der Waals surface area contributed by atoms with Crippen molar-refractivity contribution in [1.29, 1.82) is 0 Å². The van der Waals surface area contributed by atoms with E-state index in [1.165, 1.54) is 7.11 Å². The fourth-order valence-electron chi connectivity index (χ4n) is 11.8. The van der Waals surface area contributed by atoms with Crippen LogP contribution < -0.4 is 10.4 Å². The van der Waals surface area contributed by atoms with Crippen LogP contribution in [0.4, 0.5) is 0 Å². The number of esters is 4. The molecule has 9 atom stereocenters. The molecule has 2 aliphatic heterocycles. The molecule has 2 aliphatic rings. The van der Waals surface area contributed by atoms with Gasteiger partial charge in [-0.25, -0.2) is 14.4 Å². The maximum absolute atomic E-state index is 14.5. The number of hydrogen-bond donors (Lipinski definition) is 0. The smallest absolute Gasteiger partial charge is 0.338 e. The molecule has 0 amide bonds. The largest absolute Gasteiger partial charge is 0.469 e. The monoisotopic (exact) mass is 1250 g/mol. The van der Waals surface area contributed by atoms with Crippen molar-refractivity contribution < 1.29 is 71.0 Å². The molecule has 2 heterocycles. The molecule has 0 N–H and O–H groups in total. The lowest BCUT2D eigenvalue weighted by molar-refractivity contribution is -0.348. The van der Waals surface area contributed by atoms with E-state index in [0.717, 1.165) is 72.9 Å². The van der Waals surface area contributed by atoms with E-state index in [1.807, 2.05) is 97.1 Å². The minimum absolute atomic E-state index is 0.0385. The summed E-state index contributed by atoms with van der Waals surface area (Å²) in [6.45, 7) is 6.78. The number of rotatable bonds is 33. The summed E-state index contributed by atoms with van der Waals surface area (Å²) in [5.74, 6) is -2.32. The van der Waals surface area contributed by atoms with Crippen LogP contribution in [0.15, 0.2) is 212 Å². The van der Waals surface area contributed by atoms with Gasteiger partial charge in [-0.3, -0.25) is 4.79 Å². The highest BCUT2D eigenvalue weighted by atomic mass is 28.4. The van der Waals surface area contributed by atoms with E-state index >= 15 is 0 Å². The summed E-state index contributed by atoms with van der Waals surface area (Å²) in [6.07, 6.45) is -1.89. The Morgan fingerprint density at radius 3 is 1.31 bits per heavy atom. The molecule has 0 unspecified atom stereocenters. The molecule has 2 saturated heterocycles. The lowest BCUT2D eigenvalue weighted by atomic mass is 9.97. The zero-order valence-corrected chi connectivity index (χ0v) is 53.6. The first-order chi connectivity index (χ1) is 44.4. The summed E-state index contributed by atoms with van der Waals surface area (Å²) in [4.78, 5) is 54.2. The van der Waals surface area contributed by atoms with Crippen LogP contribution >= 0.6 is 0 Å². The summed E-state index contributed by atoms with van der Waals surface area (Å²) in [6, 6.07) is 65.8. The summed E-state index contributed by atoms with van der Waals surface area (Å²) in [5, 5.41) is 1.76. The highest BCUT2D eigenvalue weighted by Crippen LogP contribution is 2.40. The second-order valence-electron chi connectivity index (χ2n) is 24.0.